The van der Waals surface area contributed by atoms with Crippen molar-refractivity contribution in [2.45, 2.75) is 54.0 Å². The molecule has 0 radical (unpaired) electrons. The third-order valence-electron chi connectivity index (χ3n) is 2.78. The van der Waals surface area contributed by atoms with Gasteiger partial charge in [0, 0.05) is 28.5 Å². The quantitative estimate of drug-likeness (QED) is 0.839. The number of halogens is 1. The predicted molar refractivity (Wildman–Crippen MR) is 91.6 cm³/mol. The van der Waals surface area contributed by atoms with Crippen molar-refractivity contribution in [2.24, 2.45) is 0 Å². The summed E-state index contributed by atoms with van der Waals surface area (Å²) in [6.45, 7) is 13.6. The van der Waals surface area contributed by atoms with Crippen molar-refractivity contribution in [1.82, 2.24) is 4.98 Å². The van der Waals surface area contributed by atoms with E-state index >= 15 is 0 Å². The Labute approximate surface area is 128 Å². The molecule has 0 saturated heterocycles. The molecule has 2 nitrogen and oxygen atoms in total. The van der Waals surface area contributed by atoms with Gasteiger partial charge < -0.3 is 10.3 Å². The van der Waals surface area contributed by atoms with Crippen molar-refractivity contribution in [2.75, 3.05) is 6.54 Å². The lowest BCUT2D eigenvalue weighted by Crippen LogP contribution is -2.88. The van der Waals surface area contributed by atoms with Gasteiger partial charge in [-0.15, -0.1) is 0 Å². The molecule has 1 aromatic carbocycles. The second-order valence-corrected chi connectivity index (χ2v) is 4.96. The zero-order chi connectivity index (χ0) is 15.5. The molecule has 1 aromatic heterocycles. The Balaban J connectivity index is 0.000000829. The molecule has 0 saturated carbocycles. The molecule has 0 aliphatic rings. The fourth-order valence-corrected chi connectivity index (χ4v) is 2.10. The average Bonchev–Trinajstić information content (AvgIpc) is 2.85. The van der Waals surface area contributed by atoms with Crippen molar-refractivity contribution in [3.05, 3.63) is 35.0 Å². The summed E-state index contributed by atoms with van der Waals surface area (Å²) in [5.74, 6) is 0. The Morgan fingerprint density at radius 1 is 1.15 bits per heavy atom. The highest BCUT2D eigenvalue weighted by molar-refractivity contribution is 6.31. The monoisotopic (exact) mass is 297 g/mol. The molecule has 0 unspecified atom stereocenters. The predicted octanol–water partition coefficient (Wildman–Crippen LogP) is 4.39. The van der Waals surface area contributed by atoms with Gasteiger partial charge in [0.1, 0.15) is 0 Å². The second kappa shape index (κ2) is 10.8. The summed E-state index contributed by atoms with van der Waals surface area (Å²) in [5, 5.41) is 4.41. The van der Waals surface area contributed by atoms with Crippen LogP contribution in [-0.4, -0.2) is 17.6 Å². The van der Waals surface area contributed by atoms with Crippen LogP contribution in [0, 0.1) is 0 Å². The first-order valence-corrected chi connectivity index (χ1v) is 8.13. The van der Waals surface area contributed by atoms with E-state index in [2.05, 4.69) is 30.3 Å². The zero-order valence-corrected chi connectivity index (χ0v) is 14.5. The molecule has 0 spiro atoms. The Kier molecular flexibility index (Phi) is 10.2. The number of fused-ring (bicyclic) bond motifs is 1. The molecule has 2 aromatic rings. The van der Waals surface area contributed by atoms with Gasteiger partial charge in [0.15, 0.2) is 0 Å². The SMILES string of the molecule is CC.CC.CC(C)[NH2+]CCc1c[nH]c2ccc(Cl)cc12. The van der Waals surface area contributed by atoms with Crippen molar-refractivity contribution >= 4 is 22.5 Å². The fraction of sp³-hybridized carbons (Fsp3) is 0.529. The highest BCUT2D eigenvalue weighted by atomic mass is 35.5. The highest BCUT2D eigenvalue weighted by Crippen LogP contribution is 2.22. The summed E-state index contributed by atoms with van der Waals surface area (Å²) < 4.78 is 0. The summed E-state index contributed by atoms with van der Waals surface area (Å²) in [5.41, 5.74) is 2.53. The number of H-pyrrole nitrogens is 1. The van der Waals surface area contributed by atoms with Crippen molar-refractivity contribution in [1.29, 1.82) is 0 Å². The number of quaternary nitrogens is 1. The second-order valence-electron chi connectivity index (χ2n) is 4.52. The van der Waals surface area contributed by atoms with Crippen LogP contribution in [0.3, 0.4) is 0 Å². The Hall–Kier alpha value is -0.990. The maximum Gasteiger partial charge on any atom is 0.0802 e. The van der Waals surface area contributed by atoms with E-state index in [1.807, 2.05) is 45.9 Å². The third kappa shape index (κ3) is 5.98. The van der Waals surface area contributed by atoms with Crippen molar-refractivity contribution in [3.63, 3.8) is 0 Å². The molecule has 3 N–H and O–H groups in total. The molecule has 0 aliphatic heterocycles. The number of hydrogen-bond donors (Lipinski definition) is 2. The largest absolute Gasteiger partial charge is 0.361 e. The van der Waals surface area contributed by atoms with Gasteiger partial charge in [-0.1, -0.05) is 39.3 Å². The first kappa shape index (κ1) is 19.0. The van der Waals surface area contributed by atoms with E-state index in [0.717, 1.165) is 18.0 Å². The number of nitrogens with one attached hydrogen (secondary N) is 1. The van der Waals surface area contributed by atoms with E-state index in [1.54, 1.807) is 0 Å². The standard InChI is InChI=1S/C13H17ClN2.2C2H6/c1-9(2)15-6-5-10-8-16-13-4-3-11(14)7-12(10)13;2*1-2/h3-4,7-9,15-16H,5-6H2,1-2H3;2*1-2H3/p+1. The number of aromatic amines is 1. The molecular weight excluding hydrogens is 268 g/mol. The molecule has 0 amide bonds. The lowest BCUT2D eigenvalue weighted by atomic mass is 10.1. The minimum Gasteiger partial charge on any atom is -0.361 e. The molecule has 3 heteroatoms. The van der Waals surface area contributed by atoms with Crippen LogP contribution in [-0.2, 0) is 6.42 Å². The normalized spacial score (nSPS) is 9.80. The molecule has 20 heavy (non-hydrogen) atoms. The minimum absolute atomic E-state index is 0.661. The maximum atomic E-state index is 6.01. The van der Waals surface area contributed by atoms with Crippen LogP contribution >= 0.6 is 11.6 Å². The fourth-order valence-electron chi connectivity index (χ4n) is 1.93. The van der Waals surface area contributed by atoms with Crippen LogP contribution < -0.4 is 5.32 Å². The molecule has 0 atom stereocenters. The van der Waals surface area contributed by atoms with Crippen LogP contribution in [0.15, 0.2) is 24.4 Å². The van der Waals surface area contributed by atoms with E-state index in [1.165, 1.54) is 16.5 Å². The first-order chi connectivity index (χ1) is 9.66. The summed E-state index contributed by atoms with van der Waals surface area (Å²) >= 11 is 6.01. The van der Waals surface area contributed by atoms with Crippen molar-refractivity contribution < 1.29 is 5.32 Å². The van der Waals surface area contributed by atoms with Gasteiger partial charge in [-0.3, -0.25) is 0 Å². The van der Waals surface area contributed by atoms with E-state index < -0.39 is 0 Å². The number of benzene rings is 1. The molecule has 1 heterocycles. The smallest absolute Gasteiger partial charge is 0.0802 e. The number of rotatable bonds is 4. The van der Waals surface area contributed by atoms with Gasteiger partial charge in [-0.05, 0) is 37.6 Å². The summed E-state index contributed by atoms with van der Waals surface area (Å²) in [6, 6.07) is 6.66. The lowest BCUT2D eigenvalue weighted by molar-refractivity contribution is -0.682. The van der Waals surface area contributed by atoms with E-state index in [4.69, 9.17) is 11.6 Å². The number of aromatic nitrogens is 1. The van der Waals surface area contributed by atoms with E-state index in [9.17, 15) is 0 Å². The van der Waals surface area contributed by atoms with Gasteiger partial charge in [0.05, 0.1) is 12.6 Å². The number of nitrogens with two attached hydrogens (primary N) is 1. The Morgan fingerprint density at radius 2 is 1.80 bits per heavy atom. The van der Waals surface area contributed by atoms with E-state index in [0.29, 0.717) is 6.04 Å². The van der Waals surface area contributed by atoms with Crippen molar-refractivity contribution in [3.8, 4) is 0 Å². The van der Waals surface area contributed by atoms with Gasteiger partial charge in [-0.25, -0.2) is 0 Å². The van der Waals surface area contributed by atoms with Gasteiger partial charge in [0.2, 0.25) is 0 Å². The van der Waals surface area contributed by atoms with Crippen LogP contribution in [0.1, 0.15) is 47.1 Å². The average molecular weight is 298 g/mol. The molecule has 0 fully saturated rings. The molecule has 114 valence electrons. The van der Waals surface area contributed by atoms with Gasteiger partial charge >= 0.3 is 0 Å². The number of hydrogen-bond acceptors (Lipinski definition) is 0. The topological polar surface area (TPSA) is 32.4 Å². The third-order valence-corrected chi connectivity index (χ3v) is 3.02. The van der Waals surface area contributed by atoms with Gasteiger partial charge in [0.25, 0.3) is 0 Å². The maximum absolute atomic E-state index is 6.01. The van der Waals surface area contributed by atoms with E-state index in [-0.39, 0.29) is 0 Å². The first-order valence-electron chi connectivity index (χ1n) is 7.75. The van der Waals surface area contributed by atoms with Gasteiger partial charge in [-0.2, -0.15) is 0 Å². The lowest BCUT2D eigenvalue weighted by Gasteiger charge is -2.04. The summed E-state index contributed by atoms with van der Waals surface area (Å²) in [7, 11) is 0. The van der Waals surface area contributed by atoms with Crippen LogP contribution in [0.2, 0.25) is 5.02 Å². The molecule has 2 rings (SSSR count). The Bertz CT molecular complexity index is 475. The molecule has 0 aliphatic carbocycles. The van der Waals surface area contributed by atoms with Crippen LogP contribution in [0.4, 0.5) is 0 Å². The van der Waals surface area contributed by atoms with Crippen LogP contribution in [0.25, 0.3) is 10.9 Å². The Morgan fingerprint density at radius 3 is 2.40 bits per heavy atom. The molecule has 0 bridgehead atoms. The highest BCUT2D eigenvalue weighted by Gasteiger charge is 2.05. The van der Waals surface area contributed by atoms with Crippen LogP contribution in [0.5, 0.6) is 0 Å². The minimum atomic E-state index is 0.661. The molecular formula is C17H30ClN2+. The zero-order valence-electron chi connectivity index (χ0n) is 13.8. The summed E-state index contributed by atoms with van der Waals surface area (Å²) in [6.07, 6.45) is 3.17. The summed E-state index contributed by atoms with van der Waals surface area (Å²) in [4.78, 5) is 3.28.